The number of non-ortho nitro benzene ring substituents is 1. The highest BCUT2D eigenvalue weighted by molar-refractivity contribution is 9.11. The maximum absolute atomic E-state index is 13.6. The Morgan fingerprint density at radius 2 is 1.55 bits per heavy atom. The lowest BCUT2D eigenvalue weighted by atomic mass is 10.2. The number of halogens is 9. The lowest BCUT2D eigenvalue weighted by molar-refractivity contribution is -0.384. The van der Waals surface area contributed by atoms with Crippen molar-refractivity contribution in [3.8, 4) is 0 Å². The van der Waals surface area contributed by atoms with Crippen LogP contribution in [0.3, 0.4) is 0 Å². The Morgan fingerprint density at radius 3 is 2.03 bits per heavy atom. The van der Waals surface area contributed by atoms with Gasteiger partial charge in [0.15, 0.2) is 0 Å². The van der Waals surface area contributed by atoms with Gasteiger partial charge in [0.05, 0.1) is 10.6 Å². The number of rotatable bonds is 6. The fourth-order valence-corrected chi connectivity index (χ4v) is 4.63. The number of carbonyl (C=O) groups is 1. The standard InChI is InChI=1S/C16H7Br2F7N2O3S/c17-10-5-9(31-16(24,25)14(19,20)15(21,22)23)6-11(18)12(10)26-13(28)7-2-1-3-8(4-7)27(29)30/h1-6H,(H,26,28). The van der Waals surface area contributed by atoms with Gasteiger partial charge in [0.25, 0.3) is 11.6 Å². The van der Waals surface area contributed by atoms with Crippen LogP contribution in [0, 0.1) is 10.1 Å². The predicted molar refractivity (Wildman–Crippen MR) is 105 cm³/mol. The van der Waals surface area contributed by atoms with Crippen molar-refractivity contribution in [1.29, 1.82) is 0 Å². The molecule has 0 heterocycles. The third-order valence-electron chi connectivity index (χ3n) is 3.54. The van der Waals surface area contributed by atoms with Crippen LogP contribution >= 0.6 is 43.6 Å². The third kappa shape index (κ3) is 5.49. The summed E-state index contributed by atoms with van der Waals surface area (Å²) >= 11 is 4.81. The summed E-state index contributed by atoms with van der Waals surface area (Å²) in [6, 6.07) is 6.23. The largest absolute Gasteiger partial charge is 0.460 e. The number of thioether (sulfide) groups is 1. The van der Waals surface area contributed by atoms with Crippen molar-refractivity contribution < 1.29 is 40.5 Å². The molecule has 15 heteroatoms. The van der Waals surface area contributed by atoms with Crippen molar-refractivity contribution in [1.82, 2.24) is 0 Å². The first-order chi connectivity index (χ1) is 14.1. The van der Waals surface area contributed by atoms with E-state index in [2.05, 4.69) is 37.2 Å². The van der Waals surface area contributed by atoms with E-state index in [1.165, 1.54) is 12.1 Å². The summed E-state index contributed by atoms with van der Waals surface area (Å²) in [6.07, 6.45) is -6.47. The Hall–Kier alpha value is -1.87. The highest BCUT2D eigenvalue weighted by Crippen LogP contribution is 2.54. The first-order valence-corrected chi connectivity index (χ1v) is 10.0. The van der Waals surface area contributed by atoms with Crippen molar-refractivity contribution >= 4 is 60.9 Å². The zero-order valence-corrected chi connectivity index (χ0v) is 18.4. The van der Waals surface area contributed by atoms with E-state index in [-0.39, 0.29) is 25.9 Å². The zero-order chi connectivity index (χ0) is 23.8. The fourth-order valence-electron chi connectivity index (χ4n) is 2.05. The van der Waals surface area contributed by atoms with Crippen molar-refractivity contribution in [2.75, 3.05) is 5.32 Å². The number of nitro benzene ring substituents is 1. The Morgan fingerprint density at radius 1 is 1.00 bits per heavy atom. The average molecular weight is 600 g/mol. The van der Waals surface area contributed by atoms with Gasteiger partial charge < -0.3 is 5.32 Å². The van der Waals surface area contributed by atoms with Crippen LogP contribution in [0.5, 0.6) is 0 Å². The van der Waals surface area contributed by atoms with E-state index in [0.29, 0.717) is 0 Å². The molecule has 5 nitrogen and oxygen atoms in total. The average Bonchev–Trinajstić information content (AvgIpc) is 2.63. The molecule has 0 fully saturated rings. The molecule has 0 aliphatic heterocycles. The lowest BCUT2D eigenvalue weighted by Crippen LogP contribution is -2.49. The van der Waals surface area contributed by atoms with E-state index in [0.717, 1.165) is 24.3 Å². The molecule has 1 amide bonds. The Kier molecular flexibility index (Phi) is 7.32. The predicted octanol–water partition coefficient (Wildman–Crippen LogP) is 7.25. The maximum atomic E-state index is 13.6. The second-order valence-corrected chi connectivity index (χ2v) is 8.61. The Balaban J connectivity index is 2.29. The number of hydrogen-bond donors (Lipinski definition) is 1. The molecule has 0 aromatic heterocycles. The van der Waals surface area contributed by atoms with Crippen LogP contribution in [0.25, 0.3) is 0 Å². The maximum Gasteiger partial charge on any atom is 0.460 e. The van der Waals surface area contributed by atoms with Gasteiger partial charge in [-0.3, -0.25) is 14.9 Å². The molecule has 0 aliphatic carbocycles. The molecule has 2 aromatic carbocycles. The first-order valence-electron chi connectivity index (χ1n) is 7.63. The number of anilines is 1. The molecular formula is C16H7Br2F7N2O3S. The van der Waals surface area contributed by atoms with Crippen molar-refractivity contribution in [3.63, 3.8) is 0 Å². The van der Waals surface area contributed by atoms with Gasteiger partial charge in [0.1, 0.15) is 0 Å². The SMILES string of the molecule is O=C(Nc1c(Br)cc(SC(F)(F)C(F)(F)C(F)(F)F)cc1Br)c1cccc([N+](=O)[O-])c1. The van der Waals surface area contributed by atoms with Gasteiger partial charge >= 0.3 is 17.4 Å². The summed E-state index contributed by atoms with van der Waals surface area (Å²) in [5.74, 6) is -7.13. The molecule has 1 N–H and O–H groups in total. The minimum absolute atomic E-state index is 0.0771. The van der Waals surface area contributed by atoms with Gasteiger partial charge in [-0.1, -0.05) is 6.07 Å². The molecule has 0 unspecified atom stereocenters. The molecule has 168 valence electrons. The molecule has 0 bridgehead atoms. The van der Waals surface area contributed by atoms with Crippen LogP contribution in [0.1, 0.15) is 10.4 Å². The molecule has 0 saturated heterocycles. The third-order valence-corrected chi connectivity index (χ3v) is 5.78. The number of carbonyl (C=O) groups excluding carboxylic acids is 1. The van der Waals surface area contributed by atoms with E-state index in [9.17, 15) is 45.6 Å². The number of nitro groups is 1. The highest BCUT2D eigenvalue weighted by Gasteiger charge is 2.73. The number of alkyl halides is 7. The number of amides is 1. The van der Waals surface area contributed by atoms with E-state index >= 15 is 0 Å². The summed E-state index contributed by atoms with van der Waals surface area (Å²) in [6.45, 7) is 0. The summed E-state index contributed by atoms with van der Waals surface area (Å²) in [4.78, 5) is 21.7. The molecule has 0 radical (unpaired) electrons. The molecule has 0 atom stereocenters. The van der Waals surface area contributed by atoms with Crippen LogP contribution in [0.15, 0.2) is 50.2 Å². The summed E-state index contributed by atoms with van der Waals surface area (Å²) < 4.78 is 90.0. The normalized spacial score (nSPS) is 12.5. The molecule has 2 aromatic rings. The van der Waals surface area contributed by atoms with Crippen LogP contribution in [0.2, 0.25) is 0 Å². The van der Waals surface area contributed by atoms with Crippen LogP contribution in [-0.4, -0.2) is 28.2 Å². The number of benzene rings is 2. The van der Waals surface area contributed by atoms with Gasteiger partial charge in [-0.15, -0.1) is 0 Å². The summed E-state index contributed by atoms with van der Waals surface area (Å²) in [5.41, 5.74) is -0.570. The number of nitrogens with one attached hydrogen (secondary N) is 1. The monoisotopic (exact) mass is 598 g/mol. The quantitative estimate of drug-likeness (QED) is 0.164. The topological polar surface area (TPSA) is 72.2 Å². The Bertz CT molecular complexity index is 1010. The summed E-state index contributed by atoms with van der Waals surface area (Å²) in [7, 11) is 0. The molecule has 0 spiro atoms. The van der Waals surface area contributed by atoms with Crippen molar-refractivity contribution in [3.05, 3.63) is 61.0 Å². The molecule has 0 aliphatic rings. The van der Waals surface area contributed by atoms with Gasteiger partial charge in [0.2, 0.25) is 0 Å². The molecule has 2 rings (SSSR count). The van der Waals surface area contributed by atoms with Gasteiger partial charge in [-0.05, 0) is 61.8 Å². The lowest BCUT2D eigenvalue weighted by Gasteiger charge is -2.27. The van der Waals surface area contributed by atoms with Gasteiger partial charge in [-0.25, -0.2) is 0 Å². The Labute approximate surface area is 189 Å². The molecule has 0 saturated carbocycles. The van der Waals surface area contributed by atoms with Crippen molar-refractivity contribution in [2.45, 2.75) is 22.2 Å². The second kappa shape index (κ2) is 8.94. The first kappa shape index (κ1) is 25.4. The van der Waals surface area contributed by atoms with Crippen LogP contribution in [-0.2, 0) is 0 Å². The van der Waals surface area contributed by atoms with E-state index in [4.69, 9.17) is 0 Å². The van der Waals surface area contributed by atoms with Crippen LogP contribution < -0.4 is 5.32 Å². The van der Waals surface area contributed by atoms with E-state index in [1.54, 1.807) is 0 Å². The minimum atomic E-state index is -6.47. The number of nitrogens with zero attached hydrogens (tertiary/aromatic N) is 1. The fraction of sp³-hybridized carbons (Fsp3) is 0.188. The smallest absolute Gasteiger partial charge is 0.320 e. The van der Waals surface area contributed by atoms with E-state index < -0.39 is 44.8 Å². The molecule has 31 heavy (non-hydrogen) atoms. The highest BCUT2D eigenvalue weighted by atomic mass is 79.9. The van der Waals surface area contributed by atoms with Gasteiger partial charge in [-0.2, -0.15) is 30.7 Å². The second-order valence-electron chi connectivity index (χ2n) is 5.71. The van der Waals surface area contributed by atoms with Crippen LogP contribution in [0.4, 0.5) is 42.1 Å². The van der Waals surface area contributed by atoms with Gasteiger partial charge in [0, 0.05) is 31.5 Å². The van der Waals surface area contributed by atoms with Crippen molar-refractivity contribution in [2.24, 2.45) is 0 Å². The number of hydrogen-bond acceptors (Lipinski definition) is 4. The minimum Gasteiger partial charge on any atom is -0.320 e. The van der Waals surface area contributed by atoms with E-state index in [1.807, 2.05) is 0 Å². The zero-order valence-electron chi connectivity index (χ0n) is 14.4. The molecular weight excluding hydrogens is 593 g/mol. The summed E-state index contributed by atoms with van der Waals surface area (Å²) in [5, 5.41) is 7.61.